The summed E-state index contributed by atoms with van der Waals surface area (Å²) in [5.41, 5.74) is 0.472. The third kappa shape index (κ3) is 2.79. The van der Waals surface area contributed by atoms with E-state index in [1.165, 1.54) is 0 Å². The number of hydrogen-bond acceptors (Lipinski definition) is 3. The summed E-state index contributed by atoms with van der Waals surface area (Å²) in [6, 6.07) is 11.2. The van der Waals surface area contributed by atoms with E-state index >= 15 is 0 Å². The van der Waals surface area contributed by atoms with Crippen LogP contribution in [0.4, 0.5) is 0 Å². The molecule has 0 saturated heterocycles. The van der Waals surface area contributed by atoms with E-state index in [-0.39, 0.29) is 5.91 Å². The minimum absolute atomic E-state index is 0.197. The quantitative estimate of drug-likeness (QED) is 0.850. The van der Waals surface area contributed by atoms with Crippen LogP contribution < -0.4 is 10.1 Å². The lowest BCUT2D eigenvalue weighted by molar-refractivity contribution is -0.127. The molecule has 0 radical (unpaired) electrons. The fourth-order valence-electron chi connectivity index (χ4n) is 2.06. The molecule has 0 heterocycles. The highest BCUT2D eigenvalue weighted by Gasteiger charge is 2.16. The zero-order valence-electron chi connectivity index (χ0n) is 11.6. The fourth-order valence-corrected chi connectivity index (χ4v) is 2.06. The Morgan fingerprint density at radius 1 is 1.30 bits per heavy atom. The van der Waals surface area contributed by atoms with Gasteiger partial charge in [0.1, 0.15) is 5.75 Å². The van der Waals surface area contributed by atoms with Crippen LogP contribution in [0.2, 0.25) is 0 Å². The molecule has 0 aliphatic rings. The maximum Gasteiger partial charge on any atom is 0.260 e. The molecule has 0 aromatic heterocycles. The van der Waals surface area contributed by atoms with E-state index in [1.807, 2.05) is 37.3 Å². The molecule has 0 unspecified atom stereocenters. The summed E-state index contributed by atoms with van der Waals surface area (Å²) >= 11 is 0. The molecule has 4 heteroatoms. The first-order chi connectivity index (χ1) is 9.67. The summed E-state index contributed by atoms with van der Waals surface area (Å²) in [7, 11) is 0. The van der Waals surface area contributed by atoms with E-state index in [0.29, 0.717) is 17.9 Å². The van der Waals surface area contributed by atoms with E-state index in [4.69, 9.17) is 4.74 Å². The van der Waals surface area contributed by atoms with Crippen LogP contribution in [0.5, 0.6) is 5.75 Å². The summed E-state index contributed by atoms with van der Waals surface area (Å²) in [5.74, 6) is 0.231. The van der Waals surface area contributed by atoms with Gasteiger partial charge in [-0.3, -0.25) is 9.59 Å². The van der Waals surface area contributed by atoms with Gasteiger partial charge in [-0.25, -0.2) is 0 Å². The van der Waals surface area contributed by atoms with Gasteiger partial charge in [0.15, 0.2) is 12.4 Å². The molecule has 104 valence electrons. The van der Waals surface area contributed by atoms with Gasteiger partial charge in [-0.1, -0.05) is 30.3 Å². The largest absolute Gasteiger partial charge is 0.480 e. The number of fused-ring (bicyclic) bond motifs is 1. The molecule has 20 heavy (non-hydrogen) atoms. The highest BCUT2D eigenvalue weighted by molar-refractivity contribution is 6.00. The van der Waals surface area contributed by atoms with Gasteiger partial charge < -0.3 is 10.1 Å². The van der Waals surface area contributed by atoms with Gasteiger partial charge in [0.05, 0.1) is 5.56 Å². The molecule has 0 fully saturated rings. The SMILES string of the molecule is CCNC(=O)[C@H](C)Oc1ccc2ccccc2c1C=O. The second-order valence-electron chi connectivity index (χ2n) is 4.47. The Labute approximate surface area is 117 Å². The molecule has 4 nitrogen and oxygen atoms in total. The minimum atomic E-state index is -0.644. The van der Waals surface area contributed by atoms with Gasteiger partial charge in [0.25, 0.3) is 5.91 Å². The Bertz CT molecular complexity index is 637. The Balaban J connectivity index is 2.35. The normalized spacial score (nSPS) is 11.9. The van der Waals surface area contributed by atoms with Crippen LogP contribution >= 0.6 is 0 Å². The average molecular weight is 271 g/mol. The first kappa shape index (κ1) is 14.1. The van der Waals surface area contributed by atoms with E-state index < -0.39 is 6.10 Å². The summed E-state index contributed by atoms with van der Waals surface area (Å²) in [6.45, 7) is 4.05. The van der Waals surface area contributed by atoms with Crippen molar-refractivity contribution in [2.45, 2.75) is 20.0 Å². The van der Waals surface area contributed by atoms with Crippen molar-refractivity contribution in [2.24, 2.45) is 0 Å². The van der Waals surface area contributed by atoms with Crippen molar-refractivity contribution in [1.29, 1.82) is 0 Å². The summed E-state index contributed by atoms with van der Waals surface area (Å²) in [6.07, 6.45) is 0.122. The molecule has 2 rings (SSSR count). The molecular formula is C16H17NO3. The lowest BCUT2D eigenvalue weighted by Crippen LogP contribution is -2.36. The fraction of sp³-hybridized carbons (Fsp3) is 0.250. The summed E-state index contributed by atoms with van der Waals surface area (Å²) in [5, 5.41) is 4.48. The van der Waals surface area contributed by atoms with Crippen molar-refractivity contribution in [1.82, 2.24) is 5.32 Å². The monoisotopic (exact) mass is 271 g/mol. The second-order valence-corrected chi connectivity index (χ2v) is 4.47. The lowest BCUT2D eigenvalue weighted by Gasteiger charge is -2.16. The maximum atomic E-state index is 11.7. The van der Waals surface area contributed by atoms with Crippen molar-refractivity contribution < 1.29 is 14.3 Å². The predicted octanol–water partition coefficient (Wildman–Crippen LogP) is 2.56. The van der Waals surface area contributed by atoms with Gasteiger partial charge in [0.2, 0.25) is 0 Å². The van der Waals surface area contributed by atoms with Crippen LogP contribution in [-0.4, -0.2) is 24.8 Å². The smallest absolute Gasteiger partial charge is 0.260 e. The number of ether oxygens (including phenoxy) is 1. The molecule has 2 aromatic carbocycles. The molecule has 0 spiro atoms. The van der Waals surface area contributed by atoms with Crippen LogP contribution in [0.15, 0.2) is 36.4 Å². The molecule has 0 bridgehead atoms. The number of benzene rings is 2. The zero-order chi connectivity index (χ0) is 14.5. The van der Waals surface area contributed by atoms with Crippen molar-refractivity contribution in [3.63, 3.8) is 0 Å². The van der Waals surface area contributed by atoms with Crippen LogP contribution in [0.3, 0.4) is 0 Å². The number of amides is 1. The van der Waals surface area contributed by atoms with Crippen LogP contribution in [0.1, 0.15) is 24.2 Å². The van der Waals surface area contributed by atoms with E-state index in [2.05, 4.69) is 5.32 Å². The lowest BCUT2D eigenvalue weighted by atomic mass is 10.0. The standard InChI is InChI=1S/C16H17NO3/c1-3-17-16(19)11(2)20-15-9-8-12-6-4-5-7-13(12)14(15)10-18/h4-11H,3H2,1-2H3,(H,17,19)/t11-/m0/s1. The molecule has 1 N–H and O–H groups in total. The molecule has 1 amide bonds. The summed E-state index contributed by atoms with van der Waals surface area (Å²) < 4.78 is 5.62. The number of likely N-dealkylation sites (N-methyl/N-ethyl adjacent to an activating group) is 1. The topological polar surface area (TPSA) is 55.4 Å². The third-order valence-corrected chi connectivity index (χ3v) is 3.07. The molecule has 1 atom stereocenters. The number of hydrogen-bond donors (Lipinski definition) is 1. The number of rotatable bonds is 5. The number of aldehydes is 1. The first-order valence-corrected chi connectivity index (χ1v) is 6.58. The van der Waals surface area contributed by atoms with Gasteiger partial charge in [-0.05, 0) is 30.7 Å². The molecule has 0 aliphatic heterocycles. The predicted molar refractivity (Wildman–Crippen MR) is 78.1 cm³/mol. The Hall–Kier alpha value is -2.36. The van der Waals surface area contributed by atoms with E-state index in [9.17, 15) is 9.59 Å². The maximum absolute atomic E-state index is 11.7. The zero-order valence-corrected chi connectivity index (χ0v) is 11.6. The first-order valence-electron chi connectivity index (χ1n) is 6.58. The van der Waals surface area contributed by atoms with E-state index in [1.54, 1.807) is 13.0 Å². The van der Waals surface area contributed by atoms with Crippen molar-refractivity contribution >= 4 is 23.0 Å². The van der Waals surface area contributed by atoms with Gasteiger partial charge >= 0.3 is 0 Å². The minimum Gasteiger partial charge on any atom is -0.480 e. The molecule has 0 saturated carbocycles. The molecule has 2 aromatic rings. The molecular weight excluding hydrogens is 254 g/mol. The van der Waals surface area contributed by atoms with Crippen LogP contribution in [0.25, 0.3) is 10.8 Å². The van der Waals surface area contributed by atoms with Crippen LogP contribution in [-0.2, 0) is 4.79 Å². The second kappa shape index (κ2) is 6.19. The Morgan fingerprint density at radius 2 is 2.05 bits per heavy atom. The highest BCUT2D eigenvalue weighted by atomic mass is 16.5. The van der Waals surface area contributed by atoms with Gasteiger partial charge in [-0.2, -0.15) is 0 Å². The Kier molecular flexibility index (Phi) is 4.35. The van der Waals surface area contributed by atoms with Gasteiger partial charge in [0, 0.05) is 6.54 Å². The van der Waals surface area contributed by atoms with Crippen molar-refractivity contribution in [3.8, 4) is 5.75 Å². The Morgan fingerprint density at radius 3 is 2.75 bits per heavy atom. The van der Waals surface area contributed by atoms with Crippen molar-refractivity contribution in [2.75, 3.05) is 6.54 Å². The van der Waals surface area contributed by atoms with Crippen molar-refractivity contribution in [3.05, 3.63) is 42.0 Å². The number of carbonyl (C=O) groups is 2. The number of carbonyl (C=O) groups excluding carboxylic acids is 2. The van der Waals surface area contributed by atoms with Gasteiger partial charge in [-0.15, -0.1) is 0 Å². The van der Waals surface area contributed by atoms with E-state index in [0.717, 1.165) is 17.1 Å². The van der Waals surface area contributed by atoms with Crippen LogP contribution in [0, 0.1) is 0 Å². The summed E-state index contributed by atoms with van der Waals surface area (Å²) in [4.78, 5) is 23.0. The third-order valence-electron chi connectivity index (χ3n) is 3.07. The highest BCUT2D eigenvalue weighted by Crippen LogP contribution is 2.27. The average Bonchev–Trinajstić information content (AvgIpc) is 2.47. The number of nitrogens with one attached hydrogen (secondary N) is 1. The molecule has 0 aliphatic carbocycles.